The van der Waals surface area contributed by atoms with Crippen molar-refractivity contribution in [3.05, 3.63) is 29.6 Å². The lowest BCUT2D eigenvalue weighted by atomic mass is 10.2. The summed E-state index contributed by atoms with van der Waals surface area (Å²) in [6.07, 6.45) is -4.73. The first-order valence-corrected chi connectivity index (χ1v) is 7.24. The van der Waals surface area contributed by atoms with Crippen LogP contribution in [0.1, 0.15) is 12.5 Å². The lowest BCUT2D eigenvalue weighted by molar-refractivity contribution is -0.137. The molecule has 0 saturated carbocycles. The van der Waals surface area contributed by atoms with Crippen LogP contribution in [-0.2, 0) is 16.2 Å². The van der Waals surface area contributed by atoms with Gasteiger partial charge in [0, 0.05) is 13.1 Å². The van der Waals surface area contributed by atoms with Crippen molar-refractivity contribution in [3.8, 4) is 0 Å². The maximum atomic E-state index is 13.4. The van der Waals surface area contributed by atoms with Gasteiger partial charge in [0.15, 0.2) is 0 Å². The van der Waals surface area contributed by atoms with Gasteiger partial charge in [-0.15, -0.1) is 12.4 Å². The highest BCUT2D eigenvalue weighted by Gasteiger charge is 2.32. The molecule has 1 rings (SSSR count). The van der Waals surface area contributed by atoms with Gasteiger partial charge in [-0.05, 0) is 24.7 Å². The van der Waals surface area contributed by atoms with E-state index < -0.39 is 32.5 Å². The van der Waals surface area contributed by atoms with E-state index in [1.807, 2.05) is 4.72 Å². The first kappa shape index (κ1) is 20.1. The maximum absolute atomic E-state index is 13.4. The Bertz CT molecular complexity index is 564. The van der Waals surface area contributed by atoms with Crippen molar-refractivity contribution in [2.45, 2.75) is 18.0 Å². The zero-order valence-corrected chi connectivity index (χ0v) is 12.6. The molecule has 0 fully saturated rings. The van der Waals surface area contributed by atoms with Gasteiger partial charge in [-0.3, -0.25) is 0 Å². The van der Waals surface area contributed by atoms with Gasteiger partial charge in [-0.2, -0.15) is 13.2 Å². The molecular weight excluding hydrogens is 336 g/mol. The van der Waals surface area contributed by atoms with E-state index in [0.717, 1.165) is 0 Å². The van der Waals surface area contributed by atoms with E-state index >= 15 is 0 Å². The monoisotopic (exact) mass is 350 g/mol. The van der Waals surface area contributed by atoms with Crippen LogP contribution in [0.25, 0.3) is 0 Å². The third-order valence-electron chi connectivity index (χ3n) is 2.39. The standard InChI is InChI=1S/C11H14F4N2O2S.ClH/c1-2-16-5-6-17-20(18,19)10-7-8(11(13,14)15)3-4-9(10)12;/h3-4,7,16-17H,2,5-6H2,1H3;1H. The average Bonchev–Trinajstić information content (AvgIpc) is 2.33. The Morgan fingerprint density at radius 3 is 2.33 bits per heavy atom. The third kappa shape index (κ3) is 5.77. The number of halogens is 5. The Labute approximate surface area is 126 Å². The lowest BCUT2D eigenvalue weighted by Gasteiger charge is -2.11. The van der Waals surface area contributed by atoms with Crippen LogP contribution >= 0.6 is 12.4 Å². The largest absolute Gasteiger partial charge is 0.416 e. The molecule has 0 spiro atoms. The number of benzene rings is 1. The zero-order valence-electron chi connectivity index (χ0n) is 11.0. The summed E-state index contributed by atoms with van der Waals surface area (Å²) in [6.45, 7) is 2.66. The number of rotatable bonds is 6. The van der Waals surface area contributed by atoms with Crippen LogP contribution in [0.15, 0.2) is 23.1 Å². The van der Waals surface area contributed by atoms with Crippen molar-refractivity contribution in [3.63, 3.8) is 0 Å². The van der Waals surface area contributed by atoms with Crippen molar-refractivity contribution in [2.75, 3.05) is 19.6 Å². The fourth-order valence-corrected chi connectivity index (χ4v) is 2.55. The van der Waals surface area contributed by atoms with Crippen molar-refractivity contribution in [1.82, 2.24) is 10.0 Å². The Kier molecular flexibility index (Phi) is 7.58. The second-order valence-electron chi connectivity index (χ2n) is 3.89. The molecule has 0 heterocycles. The summed E-state index contributed by atoms with van der Waals surface area (Å²) >= 11 is 0. The molecule has 0 radical (unpaired) electrons. The van der Waals surface area contributed by atoms with E-state index in [1.165, 1.54) is 0 Å². The number of sulfonamides is 1. The molecule has 0 bridgehead atoms. The van der Waals surface area contributed by atoms with E-state index in [0.29, 0.717) is 18.7 Å². The van der Waals surface area contributed by atoms with Gasteiger partial charge in [0.25, 0.3) is 0 Å². The Morgan fingerprint density at radius 2 is 1.81 bits per heavy atom. The molecular formula is C11H15ClF4N2O2S. The quantitative estimate of drug-likeness (QED) is 0.610. The molecule has 0 aliphatic heterocycles. The van der Waals surface area contributed by atoms with Gasteiger partial charge >= 0.3 is 6.18 Å². The molecule has 0 atom stereocenters. The SMILES string of the molecule is CCNCCNS(=O)(=O)c1cc(C(F)(F)F)ccc1F.Cl. The minimum atomic E-state index is -4.73. The van der Waals surface area contributed by atoms with Gasteiger partial charge in [-0.1, -0.05) is 6.92 Å². The molecule has 4 nitrogen and oxygen atoms in total. The average molecular weight is 351 g/mol. The molecule has 1 aromatic rings. The van der Waals surface area contributed by atoms with Crippen molar-refractivity contribution < 1.29 is 26.0 Å². The number of likely N-dealkylation sites (N-methyl/N-ethyl adjacent to an activating group) is 1. The van der Waals surface area contributed by atoms with Crippen molar-refractivity contribution in [2.24, 2.45) is 0 Å². The van der Waals surface area contributed by atoms with Gasteiger partial charge in [0.1, 0.15) is 10.7 Å². The molecule has 21 heavy (non-hydrogen) atoms. The summed E-state index contributed by atoms with van der Waals surface area (Å²) in [6, 6.07) is 1.26. The van der Waals surface area contributed by atoms with Crippen LogP contribution in [0.3, 0.4) is 0 Å². The highest BCUT2D eigenvalue weighted by atomic mass is 35.5. The first-order chi connectivity index (χ1) is 9.18. The molecule has 0 amide bonds. The minimum Gasteiger partial charge on any atom is -0.316 e. The number of hydrogen-bond donors (Lipinski definition) is 2. The van der Waals surface area contributed by atoms with E-state index in [2.05, 4.69) is 5.32 Å². The summed E-state index contributed by atoms with van der Waals surface area (Å²) in [5.41, 5.74) is -1.22. The summed E-state index contributed by atoms with van der Waals surface area (Å²) in [5.74, 6) is -1.23. The first-order valence-electron chi connectivity index (χ1n) is 5.75. The molecule has 1 aromatic carbocycles. The molecule has 122 valence electrons. The molecule has 0 aromatic heterocycles. The summed E-state index contributed by atoms with van der Waals surface area (Å²) in [4.78, 5) is -1.01. The number of nitrogens with one attached hydrogen (secondary N) is 2. The number of hydrogen-bond acceptors (Lipinski definition) is 3. The second-order valence-corrected chi connectivity index (χ2v) is 5.63. The van der Waals surface area contributed by atoms with Crippen LogP contribution in [0.2, 0.25) is 0 Å². The van der Waals surface area contributed by atoms with Crippen LogP contribution < -0.4 is 10.0 Å². The highest BCUT2D eigenvalue weighted by molar-refractivity contribution is 7.89. The fraction of sp³-hybridized carbons (Fsp3) is 0.455. The molecule has 0 aliphatic carbocycles. The highest BCUT2D eigenvalue weighted by Crippen LogP contribution is 2.31. The Balaban J connectivity index is 0.00000400. The van der Waals surface area contributed by atoms with Crippen molar-refractivity contribution >= 4 is 22.4 Å². The molecule has 0 saturated heterocycles. The fourth-order valence-electron chi connectivity index (χ4n) is 1.41. The van der Waals surface area contributed by atoms with Gasteiger partial charge in [-0.25, -0.2) is 17.5 Å². The van der Waals surface area contributed by atoms with Crippen molar-refractivity contribution in [1.29, 1.82) is 0 Å². The Morgan fingerprint density at radius 1 is 1.19 bits per heavy atom. The second kappa shape index (κ2) is 7.92. The topological polar surface area (TPSA) is 58.2 Å². The molecule has 0 unspecified atom stereocenters. The van der Waals surface area contributed by atoms with Crippen LogP contribution in [0, 0.1) is 5.82 Å². The molecule has 10 heteroatoms. The smallest absolute Gasteiger partial charge is 0.316 e. The Hall–Kier alpha value is -0.900. The van der Waals surface area contributed by atoms with Crippen LogP contribution in [-0.4, -0.2) is 28.1 Å². The maximum Gasteiger partial charge on any atom is 0.416 e. The summed E-state index contributed by atoms with van der Waals surface area (Å²) < 4.78 is 76.4. The molecule has 2 N–H and O–H groups in total. The predicted molar refractivity (Wildman–Crippen MR) is 72.4 cm³/mol. The van der Waals surface area contributed by atoms with Crippen LogP contribution in [0.5, 0.6) is 0 Å². The zero-order chi connectivity index (χ0) is 15.4. The van der Waals surface area contributed by atoms with E-state index in [4.69, 9.17) is 0 Å². The van der Waals surface area contributed by atoms with Crippen LogP contribution in [0.4, 0.5) is 17.6 Å². The third-order valence-corrected chi connectivity index (χ3v) is 3.87. The normalized spacial score (nSPS) is 12.0. The summed E-state index contributed by atoms with van der Waals surface area (Å²) in [5, 5.41) is 2.82. The summed E-state index contributed by atoms with van der Waals surface area (Å²) in [7, 11) is -4.32. The van der Waals surface area contributed by atoms with Gasteiger partial charge < -0.3 is 5.32 Å². The lowest BCUT2D eigenvalue weighted by Crippen LogP contribution is -2.32. The number of alkyl halides is 3. The molecule has 0 aliphatic rings. The minimum absolute atomic E-state index is 0. The van der Waals surface area contributed by atoms with E-state index in [1.54, 1.807) is 6.92 Å². The predicted octanol–water partition coefficient (Wildman–Crippen LogP) is 2.15. The van der Waals surface area contributed by atoms with Gasteiger partial charge in [0.2, 0.25) is 10.0 Å². The van der Waals surface area contributed by atoms with E-state index in [-0.39, 0.29) is 31.6 Å². The van der Waals surface area contributed by atoms with E-state index in [9.17, 15) is 26.0 Å². The van der Waals surface area contributed by atoms with Gasteiger partial charge in [0.05, 0.1) is 5.56 Å².